The molecule has 1 heterocycles. The van der Waals surface area contributed by atoms with Gasteiger partial charge in [0, 0.05) is 0 Å². The summed E-state index contributed by atoms with van der Waals surface area (Å²) in [5.74, 6) is -1.000. The van der Waals surface area contributed by atoms with Gasteiger partial charge in [0.1, 0.15) is 6.07 Å². The van der Waals surface area contributed by atoms with E-state index in [1.165, 1.54) is 20.3 Å². The minimum atomic E-state index is -4.93. The van der Waals surface area contributed by atoms with E-state index in [1.807, 2.05) is 0 Å². The highest BCUT2D eigenvalue weighted by Crippen LogP contribution is 2.36. The summed E-state index contributed by atoms with van der Waals surface area (Å²) in [6.45, 7) is 0. The first-order chi connectivity index (χ1) is 7.92. The number of hydrogen-bond acceptors (Lipinski definition) is 5. The number of pyridine rings is 1. The number of hydrogen-bond donors (Lipinski definition) is 0. The molecule has 0 N–H and O–H groups in total. The third kappa shape index (κ3) is 2.90. The predicted octanol–water partition coefficient (Wildman–Crippen LogP) is 1.87. The average molecular weight is 248 g/mol. The maximum absolute atomic E-state index is 12.0. The molecule has 92 valence electrons. The standard InChI is InChI=1S/C9H7F3N2O3/c1-15-6-4-14-8(17-9(10,11)12)5(3-13)7(6)16-2/h4H,1-2H3. The zero-order valence-corrected chi connectivity index (χ0v) is 8.83. The van der Waals surface area contributed by atoms with Crippen molar-refractivity contribution < 1.29 is 27.4 Å². The lowest BCUT2D eigenvalue weighted by atomic mass is 10.2. The van der Waals surface area contributed by atoms with E-state index in [9.17, 15) is 13.2 Å². The van der Waals surface area contributed by atoms with Crippen molar-refractivity contribution in [2.75, 3.05) is 14.2 Å². The second-order valence-electron chi connectivity index (χ2n) is 2.70. The summed E-state index contributed by atoms with van der Waals surface area (Å²) in [7, 11) is 2.46. The summed E-state index contributed by atoms with van der Waals surface area (Å²) in [6.07, 6.45) is -3.96. The van der Waals surface area contributed by atoms with Crippen LogP contribution in [0, 0.1) is 11.3 Å². The van der Waals surface area contributed by atoms with Gasteiger partial charge in [-0.25, -0.2) is 4.98 Å². The second-order valence-corrected chi connectivity index (χ2v) is 2.70. The lowest BCUT2D eigenvalue weighted by Gasteiger charge is -2.13. The van der Waals surface area contributed by atoms with Crippen molar-refractivity contribution in [1.29, 1.82) is 5.26 Å². The van der Waals surface area contributed by atoms with Crippen LogP contribution in [0.3, 0.4) is 0 Å². The fourth-order valence-electron chi connectivity index (χ4n) is 1.09. The van der Waals surface area contributed by atoms with E-state index in [2.05, 4.69) is 9.72 Å². The summed E-state index contributed by atoms with van der Waals surface area (Å²) < 4.78 is 49.3. The minimum Gasteiger partial charge on any atom is -0.491 e. The normalized spacial score (nSPS) is 10.6. The van der Waals surface area contributed by atoms with E-state index in [1.54, 1.807) is 0 Å². The molecule has 0 aliphatic rings. The van der Waals surface area contributed by atoms with Gasteiger partial charge in [-0.1, -0.05) is 0 Å². The maximum Gasteiger partial charge on any atom is 0.574 e. The van der Waals surface area contributed by atoms with Gasteiger partial charge in [0.15, 0.2) is 17.1 Å². The van der Waals surface area contributed by atoms with Gasteiger partial charge < -0.3 is 14.2 Å². The summed E-state index contributed by atoms with van der Waals surface area (Å²) >= 11 is 0. The molecule has 0 unspecified atom stereocenters. The molecule has 1 rings (SSSR count). The number of rotatable bonds is 3. The molecule has 0 spiro atoms. The number of ether oxygens (including phenoxy) is 3. The molecular weight excluding hydrogens is 241 g/mol. The molecule has 0 atom stereocenters. The Labute approximate surface area is 94.3 Å². The fraction of sp³-hybridized carbons (Fsp3) is 0.333. The van der Waals surface area contributed by atoms with Crippen LogP contribution in [0.4, 0.5) is 13.2 Å². The number of methoxy groups -OCH3 is 2. The molecule has 0 aromatic carbocycles. The third-order valence-corrected chi connectivity index (χ3v) is 1.71. The lowest BCUT2D eigenvalue weighted by molar-refractivity contribution is -0.276. The van der Waals surface area contributed by atoms with Crippen molar-refractivity contribution in [3.63, 3.8) is 0 Å². The third-order valence-electron chi connectivity index (χ3n) is 1.71. The molecule has 0 saturated carbocycles. The Morgan fingerprint density at radius 3 is 2.35 bits per heavy atom. The van der Waals surface area contributed by atoms with Crippen LogP contribution in [0.25, 0.3) is 0 Å². The Morgan fingerprint density at radius 2 is 1.94 bits per heavy atom. The van der Waals surface area contributed by atoms with Crippen molar-refractivity contribution in [1.82, 2.24) is 4.98 Å². The van der Waals surface area contributed by atoms with Gasteiger partial charge in [-0.3, -0.25) is 0 Å². The molecule has 17 heavy (non-hydrogen) atoms. The maximum atomic E-state index is 12.0. The quantitative estimate of drug-likeness (QED) is 0.816. The van der Waals surface area contributed by atoms with Crippen LogP contribution in [-0.2, 0) is 0 Å². The molecular formula is C9H7F3N2O3. The molecule has 0 amide bonds. The largest absolute Gasteiger partial charge is 0.574 e. The molecule has 0 saturated heterocycles. The van der Waals surface area contributed by atoms with Crippen molar-refractivity contribution in [3.05, 3.63) is 11.8 Å². The Morgan fingerprint density at radius 1 is 1.29 bits per heavy atom. The predicted molar refractivity (Wildman–Crippen MR) is 48.7 cm³/mol. The molecule has 0 aliphatic carbocycles. The van der Waals surface area contributed by atoms with Crippen LogP contribution in [0.2, 0.25) is 0 Å². The van der Waals surface area contributed by atoms with Crippen molar-refractivity contribution in [2.24, 2.45) is 0 Å². The molecule has 1 aromatic rings. The first kappa shape index (κ1) is 12.9. The Hall–Kier alpha value is -2.17. The zero-order chi connectivity index (χ0) is 13.1. The van der Waals surface area contributed by atoms with E-state index in [0.717, 1.165) is 6.20 Å². The van der Waals surface area contributed by atoms with Crippen LogP contribution in [0.15, 0.2) is 6.20 Å². The molecule has 0 radical (unpaired) electrons. The average Bonchev–Trinajstić information content (AvgIpc) is 2.26. The molecule has 5 nitrogen and oxygen atoms in total. The highest BCUT2D eigenvalue weighted by Gasteiger charge is 2.34. The fourth-order valence-corrected chi connectivity index (χ4v) is 1.09. The number of alkyl halides is 3. The van der Waals surface area contributed by atoms with E-state index >= 15 is 0 Å². The molecule has 8 heteroatoms. The van der Waals surface area contributed by atoms with Crippen molar-refractivity contribution in [3.8, 4) is 23.4 Å². The van der Waals surface area contributed by atoms with Crippen LogP contribution in [0.1, 0.15) is 5.56 Å². The summed E-state index contributed by atoms with van der Waals surface area (Å²) in [4.78, 5) is 3.34. The first-order valence-corrected chi connectivity index (χ1v) is 4.19. The Kier molecular flexibility index (Phi) is 3.62. The molecule has 1 aromatic heterocycles. The Bertz CT molecular complexity index is 454. The lowest BCUT2D eigenvalue weighted by Crippen LogP contribution is -2.19. The van der Waals surface area contributed by atoms with Gasteiger partial charge >= 0.3 is 6.36 Å². The second kappa shape index (κ2) is 4.78. The van der Waals surface area contributed by atoms with E-state index in [4.69, 9.17) is 14.7 Å². The summed E-state index contributed by atoms with van der Waals surface area (Å²) in [6, 6.07) is 1.52. The molecule has 0 aliphatic heterocycles. The molecule has 0 fully saturated rings. The highest BCUT2D eigenvalue weighted by atomic mass is 19.4. The van der Waals surface area contributed by atoms with Gasteiger partial charge in [0.05, 0.1) is 20.4 Å². The van der Waals surface area contributed by atoms with Gasteiger partial charge in [-0.2, -0.15) is 5.26 Å². The van der Waals surface area contributed by atoms with Crippen LogP contribution >= 0.6 is 0 Å². The monoisotopic (exact) mass is 248 g/mol. The van der Waals surface area contributed by atoms with Crippen LogP contribution in [0.5, 0.6) is 17.4 Å². The van der Waals surface area contributed by atoms with Crippen molar-refractivity contribution in [2.45, 2.75) is 6.36 Å². The summed E-state index contributed by atoms with van der Waals surface area (Å²) in [5, 5.41) is 8.77. The minimum absolute atomic E-state index is 0.0403. The SMILES string of the molecule is COc1cnc(OC(F)(F)F)c(C#N)c1OC. The number of halogens is 3. The van der Waals surface area contributed by atoms with Gasteiger partial charge in [-0.15, -0.1) is 13.2 Å². The highest BCUT2D eigenvalue weighted by molar-refractivity contribution is 5.56. The van der Waals surface area contributed by atoms with Gasteiger partial charge in [0.2, 0.25) is 5.88 Å². The summed E-state index contributed by atoms with van der Waals surface area (Å²) in [5.41, 5.74) is -0.482. The van der Waals surface area contributed by atoms with Gasteiger partial charge in [0.25, 0.3) is 0 Å². The van der Waals surface area contributed by atoms with Crippen LogP contribution < -0.4 is 14.2 Å². The topological polar surface area (TPSA) is 64.4 Å². The number of nitrogens with zero attached hydrogens (tertiary/aromatic N) is 2. The van der Waals surface area contributed by atoms with E-state index in [0.29, 0.717) is 0 Å². The smallest absolute Gasteiger partial charge is 0.491 e. The van der Waals surface area contributed by atoms with Gasteiger partial charge in [-0.05, 0) is 0 Å². The Balaban J connectivity index is 3.30. The number of nitriles is 1. The van der Waals surface area contributed by atoms with Crippen molar-refractivity contribution >= 4 is 0 Å². The molecule has 0 bridgehead atoms. The van der Waals surface area contributed by atoms with Crippen LogP contribution in [-0.4, -0.2) is 25.6 Å². The first-order valence-electron chi connectivity index (χ1n) is 4.19. The number of aromatic nitrogens is 1. The van der Waals surface area contributed by atoms with E-state index < -0.39 is 17.8 Å². The van der Waals surface area contributed by atoms with E-state index in [-0.39, 0.29) is 11.5 Å². The zero-order valence-electron chi connectivity index (χ0n) is 8.83.